The van der Waals surface area contributed by atoms with E-state index < -0.39 is 6.04 Å². The fraction of sp³-hybridized carbons (Fsp3) is 0.423. The van der Waals surface area contributed by atoms with E-state index in [0.29, 0.717) is 22.9 Å². The van der Waals surface area contributed by atoms with E-state index >= 15 is 0 Å². The monoisotopic (exact) mass is 464 g/mol. The molecule has 2 aromatic carbocycles. The lowest BCUT2D eigenvalue weighted by molar-refractivity contribution is -0.135. The maximum absolute atomic E-state index is 13.2. The molecule has 0 spiro atoms. The normalized spacial score (nSPS) is 16.8. The van der Waals surface area contributed by atoms with E-state index in [1.807, 2.05) is 40.7 Å². The molecule has 2 unspecified atom stereocenters. The lowest BCUT2D eigenvalue weighted by Crippen LogP contribution is -2.44. The first-order valence-corrected chi connectivity index (χ1v) is 11.7. The Balaban J connectivity index is 1.59. The minimum Gasteiger partial charge on any atom is -0.493 e. The third-order valence-electron chi connectivity index (χ3n) is 6.48. The maximum Gasteiger partial charge on any atom is 0.251 e. The van der Waals surface area contributed by atoms with Gasteiger partial charge in [0, 0.05) is 18.2 Å². The lowest BCUT2D eigenvalue weighted by atomic mass is 10.0. The SMILES string of the molecule is COc1ccc(C(=O)NC(C)c2nc3ccccc3n2CC(=O)N2CCCCC2C)cc1OC. The largest absolute Gasteiger partial charge is 0.493 e. The quantitative estimate of drug-likeness (QED) is 0.572. The molecule has 1 fully saturated rings. The number of carbonyl (C=O) groups excluding carboxylic acids is 2. The van der Waals surface area contributed by atoms with Crippen LogP contribution in [-0.2, 0) is 11.3 Å². The molecule has 8 nitrogen and oxygen atoms in total. The number of fused-ring (bicyclic) bond motifs is 1. The van der Waals surface area contributed by atoms with Gasteiger partial charge in [0.2, 0.25) is 5.91 Å². The number of nitrogens with one attached hydrogen (secondary N) is 1. The van der Waals surface area contributed by atoms with Crippen molar-refractivity contribution < 1.29 is 19.1 Å². The van der Waals surface area contributed by atoms with Crippen molar-refractivity contribution in [1.29, 1.82) is 0 Å². The Morgan fingerprint density at radius 3 is 2.62 bits per heavy atom. The molecule has 2 heterocycles. The number of hydrogen-bond acceptors (Lipinski definition) is 5. The van der Waals surface area contributed by atoms with Crippen LogP contribution < -0.4 is 14.8 Å². The van der Waals surface area contributed by atoms with Crippen LogP contribution in [0.5, 0.6) is 11.5 Å². The summed E-state index contributed by atoms with van der Waals surface area (Å²) in [5.74, 6) is 1.50. The molecular formula is C26H32N4O4. The summed E-state index contributed by atoms with van der Waals surface area (Å²) < 4.78 is 12.5. The highest BCUT2D eigenvalue weighted by atomic mass is 16.5. The predicted octanol–water partition coefficient (Wildman–Crippen LogP) is 3.95. The van der Waals surface area contributed by atoms with Crippen LogP contribution in [0.2, 0.25) is 0 Å². The van der Waals surface area contributed by atoms with Crippen molar-refractivity contribution in [2.24, 2.45) is 0 Å². The first-order chi connectivity index (χ1) is 16.4. The Hall–Kier alpha value is -3.55. The van der Waals surface area contributed by atoms with Gasteiger partial charge in [-0.2, -0.15) is 0 Å². The molecule has 1 aromatic heterocycles. The Bertz CT molecular complexity index is 1190. The number of ether oxygens (including phenoxy) is 2. The predicted molar refractivity (Wildman–Crippen MR) is 130 cm³/mol. The lowest BCUT2D eigenvalue weighted by Gasteiger charge is -2.33. The highest BCUT2D eigenvalue weighted by Gasteiger charge is 2.26. The van der Waals surface area contributed by atoms with Gasteiger partial charge in [-0.25, -0.2) is 4.98 Å². The van der Waals surface area contributed by atoms with E-state index in [1.54, 1.807) is 25.3 Å². The Kier molecular flexibility index (Phi) is 7.05. The van der Waals surface area contributed by atoms with Crippen molar-refractivity contribution in [1.82, 2.24) is 19.8 Å². The zero-order valence-corrected chi connectivity index (χ0v) is 20.2. The van der Waals surface area contributed by atoms with Gasteiger partial charge in [0.25, 0.3) is 5.91 Å². The number of amides is 2. The molecule has 2 atom stereocenters. The van der Waals surface area contributed by atoms with E-state index in [9.17, 15) is 9.59 Å². The standard InChI is InChI=1S/C26H32N4O4/c1-17-9-7-8-14-29(17)24(31)16-30-21-11-6-5-10-20(21)28-25(30)18(2)27-26(32)19-12-13-22(33-3)23(15-19)34-4/h5-6,10-13,15,17-18H,7-9,14,16H2,1-4H3,(H,27,32). The van der Waals surface area contributed by atoms with Gasteiger partial charge in [-0.3, -0.25) is 9.59 Å². The average molecular weight is 465 g/mol. The second-order valence-corrected chi connectivity index (χ2v) is 8.74. The van der Waals surface area contributed by atoms with Crippen LogP contribution in [0.3, 0.4) is 0 Å². The van der Waals surface area contributed by atoms with Crippen LogP contribution in [-0.4, -0.2) is 53.1 Å². The molecule has 1 aliphatic heterocycles. The van der Waals surface area contributed by atoms with Gasteiger partial charge in [0.1, 0.15) is 12.4 Å². The number of rotatable bonds is 7. The number of piperidine rings is 1. The van der Waals surface area contributed by atoms with Gasteiger partial charge in [-0.1, -0.05) is 12.1 Å². The summed E-state index contributed by atoms with van der Waals surface area (Å²) in [6, 6.07) is 12.6. The van der Waals surface area contributed by atoms with Crippen LogP contribution in [0.4, 0.5) is 0 Å². The average Bonchev–Trinajstić information content (AvgIpc) is 3.22. The van der Waals surface area contributed by atoms with E-state index in [1.165, 1.54) is 7.11 Å². The number of carbonyl (C=O) groups is 2. The van der Waals surface area contributed by atoms with Crippen molar-refractivity contribution in [3.8, 4) is 11.5 Å². The zero-order chi connectivity index (χ0) is 24.2. The van der Waals surface area contributed by atoms with Crippen molar-refractivity contribution in [2.45, 2.75) is 51.7 Å². The first kappa shape index (κ1) is 23.6. The molecule has 34 heavy (non-hydrogen) atoms. The number of imidazole rings is 1. The summed E-state index contributed by atoms with van der Waals surface area (Å²) in [4.78, 5) is 33.0. The topological polar surface area (TPSA) is 85.7 Å². The summed E-state index contributed by atoms with van der Waals surface area (Å²) >= 11 is 0. The summed E-state index contributed by atoms with van der Waals surface area (Å²) in [5.41, 5.74) is 2.12. The molecule has 1 N–H and O–H groups in total. The van der Waals surface area contributed by atoms with Crippen molar-refractivity contribution >= 4 is 22.8 Å². The molecule has 3 aromatic rings. The molecule has 1 saturated heterocycles. The minimum absolute atomic E-state index is 0.0787. The fourth-order valence-electron chi connectivity index (χ4n) is 4.61. The van der Waals surface area contributed by atoms with Crippen LogP contribution in [0.15, 0.2) is 42.5 Å². The second-order valence-electron chi connectivity index (χ2n) is 8.74. The van der Waals surface area contributed by atoms with Crippen LogP contribution in [0.25, 0.3) is 11.0 Å². The Morgan fingerprint density at radius 2 is 1.88 bits per heavy atom. The Labute approximate surface area is 199 Å². The molecule has 0 radical (unpaired) electrons. The van der Waals surface area contributed by atoms with Gasteiger partial charge >= 0.3 is 0 Å². The highest BCUT2D eigenvalue weighted by Crippen LogP contribution is 2.28. The number of likely N-dealkylation sites (tertiary alicyclic amines) is 1. The van der Waals surface area contributed by atoms with E-state index in [2.05, 4.69) is 12.2 Å². The van der Waals surface area contributed by atoms with E-state index in [4.69, 9.17) is 14.5 Å². The molecule has 8 heteroatoms. The molecule has 180 valence electrons. The third kappa shape index (κ3) is 4.71. The molecular weight excluding hydrogens is 432 g/mol. The first-order valence-electron chi connectivity index (χ1n) is 11.7. The molecule has 2 amide bonds. The number of aromatic nitrogens is 2. The highest BCUT2D eigenvalue weighted by molar-refractivity contribution is 5.95. The van der Waals surface area contributed by atoms with Crippen molar-refractivity contribution in [3.05, 3.63) is 53.9 Å². The van der Waals surface area contributed by atoms with Crippen LogP contribution in [0, 0.1) is 0 Å². The summed E-state index contributed by atoms with van der Waals surface area (Å²) in [6.45, 7) is 4.96. The number of nitrogens with zero attached hydrogens (tertiary/aromatic N) is 3. The third-order valence-corrected chi connectivity index (χ3v) is 6.48. The molecule has 4 rings (SSSR count). The smallest absolute Gasteiger partial charge is 0.251 e. The van der Waals surface area contributed by atoms with Crippen LogP contribution >= 0.6 is 0 Å². The zero-order valence-electron chi connectivity index (χ0n) is 20.2. The summed E-state index contributed by atoms with van der Waals surface area (Å²) in [7, 11) is 3.08. The van der Waals surface area contributed by atoms with Gasteiger partial charge in [-0.05, 0) is 63.4 Å². The summed E-state index contributed by atoms with van der Waals surface area (Å²) in [5, 5.41) is 3.02. The van der Waals surface area contributed by atoms with Crippen molar-refractivity contribution in [3.63, 3.8) is 0 Å². The van der Waals surface area contributed by atoms with E-state index in [0.717, 1.165) is 36.8 Å². The minimum atomic E-state index is -0.417. The van der Waals surface area contributed by atoms with Gasteiger partial charge < -0.3 is 24.3 Å². The van der Waals surface area contributed by atoms with Gasteiger partial charge in [0.05, 0.1) is 31.3 Å². The van der Waals surface area contributed by atoms with Crippen molar-refractivity contribution in [2.75, 3.05) is 20.8 Å². The van der Waals surface area contributed by atoms with Gasteiger partial charge in [0.15, 0.2) is 11.5 Å². The molecule has 1 aliphatic rings. The fourth-order valence-corrected chi connectivity index (χ4v) is 4.61. The molecule has 0 saturated carbocycles. The second kappa shape index (κ2) is 10.2. The molecule has 0 aliphatic carbocycles. The Morgan fingerprint density at radius 1 is 1.12 bits per heavy atom. The number of benzene rings is 2. The molecule has 0 bridgehead atoms. The maximum atomic E-state index is 13.2. The number of para-hydroxylation sites is 2. The van der Waals surface area contributed by atoms with Crippen LogP contribution in [0.1, 0.15) is 55.3 Å². The number of hydrogen-bond donors (Lipinski definition) is 1. The number of methoxy groups -OCH3 is 2. The van der Waals surface area contributed by atoms with E-state index in [-0.39, 0.29) is 24.4 Å². The summed E-state index contributed by atoms with van der Waals surface area (Å²) in [6.07, 6.45) is 3.22. The van der Waals surface area contributed by atoms with Gasteiger partial charge in [-0.15, -0.1) is 0 Å².